The Morgan fingerprint density at radius 1 is 1.38 bits per heavy atom. The molecule has 0 atom stereocenters. The van der Waals surface area contributed by atoms with Gasteiger partial charge >= 0.3 is 5.97 Å². The highest BCUT2D eigenvalue weighted by atomic mass is 32.2. The molecule has 2 aromatic heterocycles. The lowest BCUT2D eigenvalue weighted by molar-refractivity contribution is 0.0696. The molecule has 0 radical (unpaired) electrons. The Balaban J connectivity index is 1.72. The number of aromatic nitrogens is 2. The number of thiazole rings is 1. The number of methoxy groups -OCH3 is 1. The first-order chi connectivity index (χ1) is 11.7. The maximum Gasteiger partial charge on any atom is 0.335 e. The maximum absolute atomic E-state index is 11.0. The standard InChI is InChI=1S/C16H13N3O3S2/c1-22-13-7-10(16(20)21)4-5-12(13)19-24-14-9-23-15(18-14)11-3-2-6-17-8-11/h2-9,19H,1H3,(H,20,21). The van der Waals surface area contributed by atoms with Crippen LogP contribution in [0.2, 0.25) is 0 Å². The molecule has 2 N–H and O–H groups in total. The fourth-order valence-corrected chi connectivity index (χ4v) is 3.53. The molecule has 24 heavy (non-hydrogen) atoms. The summed E-state index contributed by atoms with van der Waals surface area (Å²) >= 11 is 2.87. The van der Waals surface area contributed by atoms with Crippen molar-refractivity contribution in [3.05, 3.63) is 53.7 Å². The predicted octanol–water partition coefficient (Wildman–Crippen LogP) is 4.03. The molecule has 0 fully saturated rings. The van der Waals surface area contributed by atoms with Crippen LogP contribution in [0.25, 0.3) is 10.6 Å². The van der Waals surface area contributed by atoms with E-state index >= 15 is 0 Å². The van der Waals surface area contributed by atoms with Gasteiger partial charge in [0.25, 0.3) is 0 Å². The zero-order valence-electron chi connectivity index (χ0n) is 12.6. The minimum atomic E-state index is -0.992. The zero-order valence-corrected chi connectivity index (χ0v) is 14.2. The van der Waals surface area contributed by atoms with Crippen molar-refractivity contribution in [2.45, 2.75) is 5.03 Å². The number of benzene rings is 1. The molecule has 0 spiro atoms. The Bertz CT molecular complexity index is 853. The summed E-state index contributed by atoms with van der Waals surface area (Å²) in [4.78, 5) is 19.6. The average Bonchev–Trinajstić information content (AvgIpc) is 3.09. The highest BCUT2D eigenvalue weighted by molar-refractivity contribution is 8.00. The monoisotopic (exact) mass is 359 g/mol. The summed E-state index contributed by atoms with van der Waals surface area (Å²) in [5, 5.41) is 12.7. The fourth-order valence-electron chi connectivity index (χ4n) is 1.94. The first kappa shape index (κ1) is 16.3. The molecule has 0 aliphatic rings. The molecule has 2 heterocycles. The molecule has 0 saturated carbocycles. The summed E-state index contributed by atoms with van der Waals surface area (Å²) < 4.78 is 8.37. The summed E-state index contributed by atoms with van der Waals surface area (Å²) in [7, 11) is 1.50. The van der Waals surface area contributed by atoms with Crippen molar-refractivity contribution in [3.8, 4) is 16.3 Å². The molecule has 0 saturated heterocycles. The number of ether oxygens (including phenoxy) is 1. The number of pyridine rings is 1. The zero-order chi connectivity index (χ0) is 16.9. The minimum absolute atomic E-state index is 0.176. The van der Waals surface area contributed by atoms with Crippen LogP contribution in [-0.2, 0) is 0 Å². The molecule has 3 rings (SSSR count). The molecule has 0 amide bonds. The number of nitrogens with zero attached hydrogens (tertiary/aromatic N) is 2. The van der Waals surface area contributed by atoms with Crippen molar-refractivity contribution in [3.63, 3.8) is 0 Å². The lowest BCUT2D eigenvalue weighted by Gasteiger charge is -2.10. The highest BCUT2D eigenvalue weighted by Crippen LogP contribution is 2.32. The third-order valence-electron chi connectivity index (χ3n) is 3.11. The fraction of sp³-hybridized carbons (Fsp3) is 0.0625. The number of anilines is 1. The lowest BCUT2D eigenvalue weighted by Crippen LogP contribution is -1.99. The van der Waals surface area contributed by atoms with Crippen LogP contribution >= 0.6 is 23.3 Å². The van der Waals surface area contributed by atoms with E-state index in [2.05, 4.69) is 14.7 Å². The van der Waals surface area contributed by atoms with Crippen LogP contribution in [0.1, 0.15) is 10.4 Å². The van der Waals surface area contributed by atoms with Gasteiger partial charge < -0.3 is 14.6 Å². The van der Waals surface area contributed by atoms with E-state index in [1.807, 2.05) is 17.5 Å². The third-order valence-corrected chi connectivity index (χ3v) is 4.89. The topological polar surface area (TPSA) is 84.3 Å². The number of carboxylic acids is 1. The van der Waals surface area contributed by atoms with Crippen molar-refractivity contribution >= 4 is 34.9 Å². The Morgan fingerprint density at radius 2 is 2.25 bits per heavy atom. The molecule has 0 aliphatic heterocycles. The maximum atomic E-state index is 11.0. The molecule has 3 aromatic rings. The molecule has 122 valence electrons. The second kappa shape index (κ2) is 7.33. The van der Waals surface area contributed by atoms with Crippen molar-refractivity contribution in [1.29, 1.82) is 0 Å². The normalized spacial score (nSPS) is 10.4. The van der Waals surface area contributed by atoms with Gasteiger partial charge in [-0.2, -0.15) is 0 Å². The smallest absolute Gasteiger partial charge is 0.335 e. The van der Waals surface area contributed by atoms with E-state index in [9.17, 15) is 4.79 Å². The number of hydrogen-bond donors (Lipinski definition) is 2. The first-order valence-electron chi connectivity index (χ1n) is 6.87. The number of hydrogen-bond acceptors (Lipinski definition) is 7. The predicted molar refractivity (Wildman–Crippen MR) is 94.8 cm³/mol. The van der Waals surface area contributed by atoms with Gasteiger partial charge in [-0.15, -0.1) is 11.3 Å². The number of rotatable bonds is 6. The molecule has 0 bridgehead atoms. The Morgan fingerprint density at radius 3 is 2.96 bits per heavy atom. The SMILES string of the molecule is COc1cc(C(=O)O)ccc1NSc1csc(-c2cccnc2)n1. The second-order valence-corrected chi connectivity index (χ2v) is 6.34. The second-order valence-electron chi connectivity index (χ2n) is 4.66. The van der Waals surface area contributed by atoms with Crippen LogP contribution in [-0.4, -0.2) is 28.2 Å². The van der Waals surface area contributed by atoms with Gasteiger partial charge in [-0.1, -0.05) is 0 Å². The van der Waals surface area contributed by atoms with Gasteiger partial charge in [-0.25, -0.2) is 9.78 Å². The van der Waals surface area contributed by atoms with Crippen molar-refractivity contribution in [2.24, 2.45) is 0 Å². The number of aromatic carboxylic acids is 1. The number of nitrogens with one attached hydrogen (secondary N) is 1. The Kier molecular flexibility index (Phi) is 4.97. The van der Waals surface area contributed by atoms with Crippen LogP contribution in [0.5, 0.6) is 5.75 Å². The van der Waals surface area contributed by atoms with E-state index in [-0.39, 0.29) is 5.56 Å². The average molecular weight is 359 g/mol. The van der Waals surface area contributed by atoms with Crippen LogP contribution < -0.4 is 9.46 Å². The van der Waals surface area contributed by atoms with Crippen LogP contribution in [0.3, 0.4) is 0 Å². The van der Waals surface area contributed by atoms with E-state index in [1.54, 1.807) is 18.5 Å². The molecular weight excluding hydrogens is 346 g/mol. The largest absolute Gasteiger partial charge is 0.495 e. The van der Waals surface area contributed by atoms with Gasteiger partial charge in [-0.3, -0.25) is 4.98 Å². The first-order valence-corrected chi connectivity index (χ1v) is 8.57. The molecule has 8 heteroatoms. The van der Waals surface area contributed by atoms with Crippen molar-refractivity contribution < 1.29 is 14.6 Å². The van der Waals surface area contributed by atoms with Gasteiger partial charge in [0, 0.05) is 35.3 Å². The Labute approximate surface area is 146 Å². The van der Waals surface area contributed by atoms with E-state index in [0.717, 1.165) is 15.6 Å². The van der Waals surface area contributed by atoms with Gasteiger partial charge in [0.05, 0.1) is 18.4 Å². The molecule has 0 unspecified atom stereocenters. The van der Waals surface area contributed by atoms with Gasteiger partial charge in [0.15, 0.2) is 0 Å². The molecule has 1 aromatic carbocycles. The number of carbonyl (C=O) groups is 1. The van der Waals surface area contributed by atoms with E-state index in [0.29, 0.717) is 11.4 Å². The summed E-state index contributed by atoms with van der Waals surface area (Å²) in [5.74, 6) is -0.529. The summed E-state index contributed by atoms with van der Waals surface area (Å²) in [6.45, 7) is 0. The van der Waals surface area contributed by atoms with E-state index < -0.39 is 5.97 Å². The van der Waals surface area contributed by atoms with Crippen LogP contribution in [0, 0.1) is 0 Å². The van der Waals surface area contributed by atoms with E-state index in [4.69, 9.17) is 9.84 Å². The van der Waals surface area contributed by atoms with Crippen molar-refractivity contribution in [1.82, 2.24) is 9.97 Å². The molecular formula is C16H13N3O3S2. The van der Waals surface area contributed by atoms with Crippen LogP contribution in [0.4, 0.5) is 5.69 Å². The molecule has 0 aliphatic carbocycles. The van der Waals surface area contributed by atoms with E-state index in [1.165, 1.54) is 42.5 Å². The third kappa shape index (κ3) is 3.66. The summed E-state index contributed by atoms with van der Waals surface area (Å²) in [6, 6.07) is 8.50. The van der Waals surface area contributed by atoms with Gasteiger partial charge in [0.1, 0.15) is 15.8 Å². The number of carboxylic acid groups (broad SMARTS) is 1. The van der Waals surface area contributed by atoms with Crippen LogP contribution in [0.15, 0.2) is 53.1 Å². The minimum Gasteiger partial charge on any atom is -0.495 e. The van der Waals surface area contributed by atoms with Gasteiger partial charge in [-0.05, 0) is 30.3 Å². The lowest BCUT2D eigenvalue weighted by atomic mass is 10.2. The molecule has 6 nitrogen and oxygen atoms in total. The van der Waals surface area contributed by atoms with Crippen molar-refractivity contribution in [2.75, 3.05) is 11.8 Å². The highest BCUT2D eigenvalue weighted by Gasteiger charge is 2.10. The Hall–Kier alpha value is -2.58. The summed E-state index contributed by atoms with van der Waals surface area (Å²) in [5.41, 5.74) is 1.83. The van der Waals surface area contributed by atoms with Gasteiger partial charge in [0.2, 0.25) is 0 Å². The quantitative estimate of drug-likeness (QED) is 0.643. The summed E-state index contributed by atoms with van der Waals surface area (Å²) in [6.07, 6.45) is 3.50.